The van der Waals surface area contributed by atoms with Crippen LogP contribution in [0.25, 0.3) is 0 Å². The summed E-state index contributed by atoms with van der Waals surface area (Å²) in [6, 6.07) is 0. The highest BCUT2D eigenvalue weighted by molar-refractivity contribution is 7.63. The molecule has 0 heterocycles. The molecule has 0 aromatic carbocycles. The lowest BCUT2D eigenvalue weighted by molar-refractivity contribution is 0.357. The minimum atomic E-state index is -2.18. The van der Waals surface area contributed by atoms with E-state index in [1.807, 2.05) is 0 Å². The summed E-state index contributed by atoms with van der Waals surface area (Å²) in [5.74, 6) is 0. The van der Waals surface area contributed by atoms with Crippen molar-refractivity contribution in [3.63, 3.8) is 0 Å². The molecule has 0 unspecified atom stereocenters. The number of hydrogen-bond donors (Lipinski definition) is 1. The highest BCUT2D eigenvalue weighted by Gasteiger charge is 2.18. The molecule has 1 N–H and O–H groups in total. The van der Waals surface area contributed by atoms with Gasteiger partial charge in [0.2, 0.25) is 0 Å². The third-order valence-corrected chi connectivity index (χ3v) is 4.87. The van der Waals surface area contributed by atoms with Gasteiger partial charge in [0.1, 0.15) is 7.14 Å². The molecular formula is C9H21O2P. The molecule has 0 rings (SSSR count). The summed E-state index contributed by atoms with van der Waals surface area (Å²) < 4.78 is 11.8. The highest BCUT2D eigenvalue weighted by Crippen LogP contribution is 2.45. The van der Waals surface area contributed by atoms with Crippen molar-refractivity contribution in [3.8, 4) is 0 Å². The first kappa shape index (κ1) is 12.2. The zero-order chi connectivity index (χ0) is 9.45. The molecule has 0 atom stereocenters. The van der Waals surface area contributed by atoms with Gasteiger partial charge in [0.15, 0.2) is 0 Å². The average molecular weight is 192 g/mol. The summed E-state index contributed by atoms with van der Waals surface area (Å²) in [5.41, 5.74) is 0. The van der Waals surface area contributed by atoms with Gasteiger partial charge in [-0.15, -0.1) is 0 Å². The van der Waals surface area contributed by atoms with Crippen LogP contribution in [0.15, 0.2) is 0 Å². The van der Waals surface area contributed by atoms with Crippen LogP contribution in [0.4, 0.5) is 0 Å². The van der Waals surface area contributed by atoms with Crippen molar-refractivity contribution in [2.75, 3.05) is 18.7 Å². The first-order chi connectivity index (χ1) is 5.68. The second kappa shape index (κ2) is 6.68. The lowest BCUT2D eigenvalue weighted by Gasteiger charge is -2.14. The number of aliphatic hydroxyl groups is 1. The van der Waals surface area contributed by atoms with Crippen LogP contribution in [0.2, 0.25) is 0 Å². The molecular weight excluding hydrogens is 171 g/mol. The quantitative estimate of drug-likeness (QED) is 0.630. The lowest BCUT2D eigenvalue weighted by atomic mass is 10.4. The van der Waals surface area contributed by atoms with Crippen molar-refractivity contribution < 1.29 is 9.67 Å². The Balaban J connectivity index is 3.79. The SMILES string of the molecule is CCCCP(=O)(CO)CCCC. The number of hydrogen-bond acceptors (Lipinski definition) is 2. The monoisotopic (exact) mass is 192 g/mol. The van der Waals surface area contributed by atoms with Gasteiger partial charge in [-0.2, -0.15) is 0 Å². The van der Waals surface area contributed by atoms with Gasteiger partial charge in [-0.1, -0.05) is 26.7 Å². The number of rotatable bonds is 7. The predicted molar refractivity (Wildman–Crippen MR) is 54.2 cm³/mol. The average Bonchev–Trinajstić information content (AvgIpc) is 2.11. The van der Waals surface area contributed by atoms with Crippen LogP contribution in [0.5, 0.6) is 0 Å². The highest BCUT2D eigenvalue weighted by atomic mass is 31.2. The Morgan fingerprint density at radius 3 is 1.75 bits per heavy atom. The summed E-state index contributed by atoms with van der Waals surface area (Å²) in [4.78, 5) is 0. The molecule has 0 aliphatic heterocycles. The Bertz CT molecular complexity index is 133. The standard InChI is InChI=1S/C9H21O2P/c1-3-5-7-12(11,9-10)8-6-4-2/h10H,3-9H2,1-2H3. The molecule has 12 heavy (non-hydrogen) atoms. The Morgan fingerprint density at radius 1 is 1.08 bits per heavy atom. The van der Waals surface area contributed by atoms with E-state index in [-0.39, 0.29) is 6.35 Å². The van der Waals surface area contributed by atoms with Crippen LogP contribution in [-0.4, -0.2) is 23.8 Å². The van der Waals surface area contributed by atoms with Crippen molar-refractivity contribution >= 4 is 7.14 Å². The van der Waals surface area contributed by atoms with E-state index in [1.54, 1.807) is 0 Å². The molecule has 0 spiro atoms. The van der Waals surface area contributed by atoms with Gasteiger partial charge in [0.25, 0.3) is 0 Å². The third kappa shape index (κ3) is 4.95. The molecule has 0 bridgehead atoms. The zero-order valence-corrected chi connectivity index (χ0v) is 9.15. The van der Waals surface area contributed by atoms with Crippen LogP contribution in [0, 0.1) is 0 Å². The molecule has 0 saturated heterocycles. The molecule has 0 aliphatic rings. The van der Waals surface area contributed by atoms with Crippen molar-refractivity contribution in [2.45, 2.75) is 39.5 Å². The predicted octanol–water partition coefficient (Wildman–Crippen LogP) is 2.90. The van der Waals surface area contributed by atoms with Crippen LogP contribution < -0.4 is 0 Å². The maximum atomic E-state index is 11.8. The van der Waals surface area contributed by atoms with Gasteiger partial charge in [-0.3, -0.25) is 0 Å². The molecule has 2 nitrogen and oxygen atoms in total. The van der Waals surface area contributed by atoms with Gasteiger partial charge in [-0.25, -0.2) is 0 Å². The zero-order valence-electron chi connectivity index (χ0n) is 8.25. The largest absolute Gasteiger partial charge is 0.389 e. The first-order valence-electron chi connectivity index (χ1n) is 4.86. The van der Waals surface area contributed by atoms with E-state index in [9.17, 15) is 4.57 Å². The molecule has 0 saturated carbocycles. The van der Waals surface area contributed by atoms with Gasteiger partial charge < -0.3 is 9.67 Å². The molecule has 0 fully saturated rings. The molecule has 0 radical (unpaired) electrons. The smallest absolute Gasteiger partial charge is 0.112 e. The maximum Gasteiger partial charge on any atom is 0.112 e. The van der Waals surface area contributed by atoms with Crippen molar-refractivity contribution in [1.82, 2.24) is 0 Å². The minimum Gasteiger partial charge on any atom is -0.389 e. The van der Waals surface area contributed by atoms with Crippen molar-refractivity contribution in [1.29, 1.82) is 0 Å². The summed E-state index contributed by atoms with van der Waals surface area (Å²) >= 11 is 0. The van der Waals surface area contributed by atoms with Gasteiger partial charge in [0.05, 0.1) is 6.35 Å². The molecule has 0 amide bonds. The third-order valence-electron chi connectivity index (χ3n) is 2.10. The fraction of sp³-hybridized carbons (Fsp3) is 1.00. The van der Waals surface area contributed by atoms with Crippen LogP contribution >= 0.6 is 7.14 Å². The summed E-state index contributed by atoms with van der Waals surface area (Å²) in [6.07, 6.45) is 5.49. The second-order valence-corrected chi connectivity index (χ2v) is 6.65. The molecule has 3 heteroatoms. The molecule has 0 aliphatic carbocycles. The van der Waals surface area contributed by atoms with E-state index in [0.29, 0.717) is 0 Å². The first-order valence-corrected chi connectivity index (χ1v) is 7.12. The van der Waals surface area contributed by atoms with Crippen LogP contribution in [0.1, 0.15) is 39.5 Å². The van der Waals surface area contributed by atoms with E-state index in [0.717, 1.165) is 38.0 Å². The van der Waals surface area contributed by atoms with E-state index in [1.165, 1.54) is 0 Å². The van der Waals surface area contributed by atoms with E-state index < -0.39 is 7.14 Å². The maximum absolute atomic E-state index is 11.8. The Kier molecular flexibility index (Phi) is 6.78. The van der Waals surface area contributed by atoms with Gasteiger partial charge in [0, 0.05) is 12.3 Å². The van der Waals surface area contributed by atoms with Gasteiger partial charge >= 0.3 is 0 Å². The summed E-state index contributed by atoms with van der Waals surface area (Å²) in [7, 11) is -2.18. The fourth-order valence-electron chi connectivity index (χ4n) is 1.15. The van der Waals surface area contributed by atoms with Crippen molar-refractivity contribution in [3.05, 3.63) is 0 Å². The normalized spacial score (nSPS) is 11.9. The van der Waals surface area contributed by atoms with Crippen molar-refractivity contribution in [2.24, 2.45) is 0 Å². The Hall–Kier alpha value is 0.190. The fourth-order valence-corrected chi connectivity index (χ4v) is 3.44. The molecule has 0 aromatic heterocycles. The Labute approximate surface area is 75.7 Å². The van der Waals surface area contributed by atoms with Crippen LogP contribution in [-0.2, 0) is 4.57 Å². The Morgan fingerprint density at radius 2 is 1.50 bits per heavy atom. The van der Waals surface area contributed by atoms with Gasteiger partial charge in [-0.05, 0) is 12.8 Å². The molecule has 0 aromatic rings. The summed E-state index contributed by atoms with van der Waals surface area (Å²) in [5, 5.41) is 8.98. The lowest BCUT2D eigenvalue weighted by Crippen LogP contribution is -1.99. The number of unbranched alkanes of at least 4 members (excludes halogenated alkanes) is 2. The molecule has 74 valence electrons. The second-order valence-electron chi connectivity index (χ2n) is 3.35. The topological polar surface area (TPSA) is 37.3 Å². The van der Waals surface area contributed by atoms with E-state index >= 15 is 0 Å². The minimum absolute atomic E-state index is 0.0903. The van der Waals surface area contributed by atoms with Crippen LogP contribution in [0.3, 0.4) is 0 Å². The summed E-state index contributed by atoms with van der Waals surface area (Å²) in [6.45, 7) is 4.17. The number of aliphatic hydroxyl groups excluding tert-OH is 1. The van der Waals surface area contributed by atoms with E-state index in [4.69, 9.17) is 5.11 Å². The van der Waals surface area contributed by atoms with E-state index in [2.05, 4.69) is 13.8 Å².